The number of aryl methyl sites for hydroxylation is 1. The van der Waals surface area contributed by atoms with Crippen LogP contribution < -0.4 is 10.0 Å². The van der Waals surface area contributed by atoms with Crippen LogP contribution in [0.3, 0.4) is 0 Å². The highest BCUT2D eigenvalue weighted by Gasteiger charge is 2.39. The molecule has 1 aromatic carbocycles. The second-order valence-corrected chi connectivity index (χ2v) is 9.23. The number of benzene rings is 1. The third-order valence-electron chi connectivity index (χ3n) is 5.31. The predicted molar refractivity (Wildman–Crippen MR) is 125 cm³/mol. The first-order valence-corrected chi connectivity index (χ1v) is 11.5. The normalized spacial score (nSPS) is 15.4. The molecular weight excluding hydrogens is 445 g/mol. The van der Waals surface area contributed by atoms with Gasteiger partial charge in [0.15, 0.2) is 5.78 Å². The average Bonchev–Trinajstić information content (AvgIpc) is 2.68. The molecule has 2 N–H and O–H groups in total. The summed E-state index contributed by atoms with van der Waals surface area (Å²) in [5, 5.41) is 3.35. The van der Waals surface area contributed by atoms with Crippen molar-refractivity contribution in [2.45, 2.75) is 32.1 Å². The lowest BCUT2D eigenvalue weighted by Gasteiger charge is -2.36. The number of carbonyl (C=O) groups is 1. The van der Waals surface area contributed by atoms with Crippen LogP contribution in [0.25, 0.3) is 0 Å². The molecule has 2 heterocycles. The molecule has 0 spiro atoms. The van der Waals surface area contributed by atoms with E-state index in [1.54, 1.807) is 30.5 Å². The van der Waals surface area contributed by atoms with Gasteiger partial charge in [-0.15, -0.1) is 24.8 Å². The molecule has 0 bridgehead atoms. The Morgan fingerprint density at radius 2 is 1.77 bits per heavy atom. The number of piperidine rings is 1. The van der Waals surface area contributed by atoms with E-state index >= 15 is 0 Å². The zero-order valence-corrected chi connectivity index (χ0v) is 19.4. The molecule has 1 aliphatic rings. The Morgan fingerprint density at radius 1 is 1.10 bits per heavy atom. The van der Waals surface area contributed by atoms with Crippen LogP contribution in [0.1, 0.15) is 41.7 Å². The molecule has 0 atom stereocenters. The Morgan fingerprint density at radius 3 is 2.33 bits per heavy atom. The molecule has 0 aliphatic carbocycles. The van der Waals surface area contributed by atoms with Crippen LogP contribution in [0.2, 0.25) is 0 Å². The second-order valence-electron chi connectivity index (χ2n) is 7.49. The Kier molecular flexibility index (Phi) is 10.2. The summed E-state index contributed by atoms with van der Waals surface area (Å²) in [6.07, 6.45) is 7.14. The third kappa shape index (κ3) is 7.23. The smallest absolute Gasteiger partial charge is 0.229 e. The van der Waals surface area contributed by atoms with Crippen LogP contribution in [-0.2, 0) is 16.4 Å². The number of nitrogens with one attached hydrogen (secondary N) is 2. The third-order valence-corrected chi connectivity index (χ3v) is 5.91. The molecule has 6 nitrogen and oxygen atoms in total. The quantitative estimate of drug-likeness (QED) is 0.567. The summed E-state index contributed by atoms with van der Waals surface area (Å²) in [6, 6.07) is 12.7. The van der Waals surface area contributed by atoms with E-state index in [2.05, 4.69) is 15.0 Å². The Balaban J connectivity index is 0.00000225. The van der Waals surface area contributed by atoms with Gasteiger partial charge in [0.25, 0.3) is 0 Å². The number of rotatable bonds is 8. The topological polar surface area (TPSA) is 88.2 Å². The van der Waals surface area contributed by atoms with E-state index in [0.29, 0.717) is 11.3 Å². The molecule has 1 aromatic heterocycles. The van der Waals surface area contributed by atoms with Gasteiger partial charge in [0.05, 0.1) is 6.26 Å². The van der Waals surface area contributed by atoms with Crippen LogP contribution >= 0.6 is 24.8 Å². The fourth-order valence-corrected chi connectivity index (χ4v) is 4.42. The highest BCUT2D eigenvalue weighted by Crippen LogP contribution is 2.38. The van der Waals surface area contributed by atoms with Gasteiger partial charge in [-0.25, -0.2) is 8.42 Å². The molecule has 1 fully saturated rings. The van der Waals surface area contributed by atoms with Gasteiger partial charge in [0.1, 0.15) is 0 Å². The largest absolute Gasteiger partial charge is 0.317 e. The fourth-order valence-electron chi connectivity index (χ4n) is 3.86. The van der Waals surface area contributed by atoms with Crippen molar-refractivity contribution in [3.8, 4) is 0 Å². The van der Waals surface area contributed by atoms with Gasteiger partial charge < -0.3 is 5.32 Å². The minimum absolute atomic E-state index is 0. The van der Waals surface area contributed by atoms with Crippen molar-refractivity contribution >= 4 is 46.3 Å². The minimum atomic E-state index is -3.33. The standard InChI is InChI=1S/C21H27N3O3S.2ClH/c1-28(26,27)24-19-9-7-17(8-10-19)20(25)21(12-15-22-16-13-21)11-4-6-18-5-2-3-14-23-18;;/h2-3,5,7-10,14,22,24H,4,6,11-13,15-16H2,1H3;2*1H. The maximum atomic E-state index is 13.4. The summed E-state index contributed by atoms with van der Waals surface area (Å²) in [4.78, 5) is 17.8. The van der Waals surface area contributed by atoms with E-state index in [0.717, 1.165) is 57.1 Å². The summed E-state index contributed by atoms with van der Waals surface area (Å²) in [7, 11) is -3.33. The summed E-state index contributed by atoms with van der Waals surface area (Å²) < 4.78 is 25.2. The van der Waals surface area contributed by atoms with E-state index in [1.165, 1.54) is 0 Å². The Bertz CT molecular complexity index is 901. The highest BCUT2D eigenvalue weighted by atomic mass is 35.5. The van der Waals surface area contributed by atoms with E-state index in [1.807, 2.05) is 18.2 Å². The van der Waals surface area contributed by atoms with Gasteiger partial charge in [-0.05, 0) is 81.6 Å². The number of ketones is 1. The van der Waals surface area contributed by atoms with E-state index < -0.39 is 10.0 Å². The molecule has 0 unspecified atom stereocenters. The van der Waals surface area contributed by atoms with E-state index in [9.17, 15) is 13.2 Å². The number of hydrogen-bond acceptors (Lipinski definition) is 5. The first-order chi connectivity index (χ1) is 13.4. The second kappa shape index (κ2) is 11.6. The number of sulfonamides is 1. The maximum absolute atomic E-state index is 13.4. The number of Topliss-reactive ketones (excluding diaryl/α,β-unsaturated/α-hetero) is 1. The summed E-state index contributed by atoms with van der Waals surface area (Å²) in [6.45, 7) is 1.67. The lowest BCUT2D eigenvalue weighted by atomic mass is 9.70. The van der Waals surface area contributed by atoms with Crippen molar-refractivity contribution in [2.24, 2.45) is 5.41 Å². The molecule has 0 saturated carbocycles. The van der Waals surface area contributed by atoms with Crippen molar-refractivity contribution in [2.75, 3.05) is 24.1 Å². The number of halogens is 2. The molecule has 3 rings (SSSR count). The number of carbonyl (C=O) groups excluding carboxylic acids is 1. The number of aromatic nitrogens is 1. The molecule has 1 saturated heterocycles. The van der Waals surface area contributed by atoms with Crippen molar-refractivity contribution in [1.29, 1.82) is 0 Å². The van der Waals surface area contributed by atoms with Crippen LogP contribution in [0.5, 0.6) is 0 Å². The average molecular weight is 474 g/mol. The first kappa shape index (κ1) is 26.4. The molecule has 166 valence electrons. The zero-order valence-electron chi connectivity index (χ0n) is 17.0. The van der Waals surface area contributed by atoms with E-state index in [-0.39, 0.29) is 36.0 Å². The van der Waals surface area contributed by atoms with Crippen LogP contribution in [0.4, 0.5) is 5.69 Å². The molecule has 0 radical (unpaired) electrons. The SMILES string of the molecule is CS(=O)(=O)Nc1ccc(C(=O)C2(CCCc3ccccn3)CCNCC2)cc1.Cl.Cl. The highest BCUT2D eigenvalue weighted by molar-refractivity contribution is 7.92. The summed E-state index contributed by atoms with van der Waals surface area (Å²) in [5.41, 5.74) is 1.79. The molecule has 2 aromatic rings. The Hall–Kier alpha value is -1.67. The van der Waals surface area contributed by atoms with Crippen molar-refractivity contribution < 1.29 is 13.2 Å². The monoisotopic (exact) mass is 473 g/mol. The number of anilines is 1. The number of nitrogens with zero attached hydrogens (tertiary/aromatic N) is 1. The lowest BCUT2D eigenvalue weighted by Crippen LogP contribution is -2.42. The maximum Gasteiger partial charge on any atom is 0.229 e. The van der Waals surface area contributed by atoms with Crippen LogP contribution in [0.15, 0.2) is 48.7 Å². The van der Waals surface area contributed by atoms with Gasteiger partial charge in [-0.3, -0.25) is 14.5 Å². The first-order valence-electron chi connectivity index (χ1n) is 9.61. The number of hydrogen-bond donors (Lipinski definition) is 2. The van der Waals surface area contributed by atoms with Gasteiger partial charge >= 0.3 is 0 Å². The van der Waals surface area contributed by atoms with Crippen LogP contribution in [0, 0.1) is 5.41 Å². The van der Waals surface area contributed by atoms with Gasteiger partial charge in [-0.2, -0.15) is 0 Å². The van der Waals surface area contributed by atoms with Gasteiger partial charge in [0, 0.05) is 28.6 Å². The summed E-state index contributed by atoms with van der Waals surface area (Å²) in [5.74, 6) is 0.154. The molecule has 9 heteroatoms. The molecular formula is C21H29Cl2N3O3S. The Labute approximate surface area is 191 Å². The van der Waals surface area contributed by atoms with Crippen molar-refractivity contribution in [1.82, 2.24) is 10.3 Å². The molecule has 30 heavy (non-hydrogen) atoms. The molecule has 1 aliphatic heterocycles. The van der Waals surface area contributed by atoms with Crippen molar-refractivity contribution in [3.63, 3.8) is 0 Å². The lowest BCUT2D eigenvalue weighted by molar-refractivity contribution is 0.0701. The predicted octanol–water partition coefficient (Wildman–Crippen LogP) is 3.87. The fraction of sp³-hybridized carbons (Fsp3) is 0.429. The van der Waals surface area contributed by atoms with Gasteiger partial charge in [0.2, 0.25) is 10.0 Å². The van der Waals surface area contributed by atoms with Crippen LogP contribution in [-0.4, -0.2) is 38.5 Å². The van der Waals surface area contributed by atoms with Crippen molar-refractivity contribution in [3.05, 3.63) is 59.9 Å². The molecule has 0 amide bonds. The zero-order chi connectivity index (χ0) is 20.0. The van der Waals surface area contributed by atoms with Gasteiger partial charge in [-0.1, -0.05) is 6.07 Å². The van der Waals surface area contributed by atoms with E-state index in [4.69, 9.17) is 0 Å². The summed E-state index contributed by atoms with van der Waals surface area (Å²) >= 11 is 0. The number of pyridine rings is 1. The minimum Gasteiger partial charge on any atom is -0.317 e.